The van der Waals surface area contributed by atoms with E-state index in [-0.39, 0.29) is 0 Å². The van der Waals surface area contributed by atoms with Gasteiger partial charge in [-0.05, 0) is 36.8 Å². The van der Waals surface area contributed by atoms with E-state index >= 15 is 0 Å². The summed E-state index contributed by atoms with van der Waals surface area (Å²) in [6, 6.07) is 12.6. The van der Waals surface area contributed by atoms with Crippen molar-refractivity contribution in [2.75, 3.05) is 50.5 Å². The van der Waals surface area contributed by atoms with Gasteiger partial charge >= 0.3 is 0 Å². The maximum Gasteiger partial charge on any atom is 0.206 e. The van der Waals surface area contributed by atoms with Gasteiger partial charge < -0.3 is 20.5 Å². The zero-order valence-corrected chi connectivity index (χ0v) is 19.2. The number of nitrogens with zero attached hydrogens (tertiary/aromatic N) is 6. The number of pyridine rings is 1. The van der Waals surface area contributed by atoms with E-state index in [1.54, 1.807) is 6.33 Å². The number of piperazine rings is 1. The zero-order valence-electron chi connectivity index (χ0n) is 19.2. The lowest BCUT2D eigenvalue weighted by Crippen LogP contribution is -2.44. The van der Waals surface area contributed by atoms with E-state index in [0.717, 1.165) is 60.1 Å². The Morgan fingerprint density at radius 3 is 2.70 bits per heavy atom. The van der Waals surface area contributed by atoms with Gasteiger partial charge in [0.05, 0.1) is 16.7 Å². The summed E-state index contributed by atoms with van der Waals surface area (Å²) in [7, 11) is 3.94. The van der Waals surface area contributed by atoms with Crippen LogP contribution in [0.1, 0.15) is 18.5 Å². The second kappa shape index (κ2) is 9.13. The van der Waals surface area contributed by atoms with Crippen LogP contribution < -0.4 is 15.5 Å². The van der Waals surface area contributed by atoms with E-state index in [0.29, 0.717) is 12.0 Å². The molecule has 5 rings (SSSR count). The number of hydrogen-bond acceptors (Lipinski definition) is 8. The van der Waals surface area contributed by atoms with Gasteiger partial charge in [0.25, 0.3) is 0 Å². The number of H-pyrrole nitrogens is 1. The van der Waals surface area contributed by atoms with Crippen LogP contribution >= 0.6 is 0 Å². The van der Waals surface area contributed by atoms with Crippen molar-refractivity contribution >= 4 is 28.6 Å². The van der Waals surface area contributed by atoms with Gasteiger partial charge in [0.15, 0.2) is 0 Å². The Bertz CT molecular complexity index is 1240. The van der Waals surface area contributed by atoms with E-state index < -0.39 is 0 Å². The van der Waals surface area contributed by atoms with Crippen LogP contribution in [0.3, 0.4) is 0 Å². The molecule has 1 unspecified atom stereocenters. The highest BCUT2D eigenvalue weighted by Crippen LogP contribution is 2.26. The smallest absolute Gasteiger partial charge is 0.206 e. The number of aromatic amines is 1. The first-order valence-electron chi connectivity index (χ1n) is 11.2. The number of aromatic nitrogens is 5. The van der Waals surface area contributed by atoms with Gasteiger partial charge in [0.2, 0.25) is 5.95 Å². The first-order chi connectivity index (χ1) is 16.1. The fourth-order valence-electron chi connectivity index (χ4n) is 4.15. The number of imidazole rings is 1. The van der Waals surface area contributed by atoms with Gasteiger partial charge in [-0.25, -0.2) is 19.9 Å². The minimum atomic E-state index is 0.341. The molecule has 33 heavy (non-hydrogen) atoms. The average Bonchev–Trinajstić information content (AvgIpc) is 3.25. The summed E-state index contributed by atoms with van der Waals surface area (Å²) in [6.45, 7) is 6.43. The van der Waals surface area contributed by atoms with Gasteiger partial charge in [0.1, 0.15) is 18.0 Å². The van der Waals surface area contributed by atoms with Crippen molar-refractivity contribution in [2.45, 2.75) is 13.0 Å². The highest BCUT2D eigenvalue weighted by Gasteiger charge is 2.18. The molecule has 1 aromatic carbocycles. The molecular weight excluding hydrogens is 414 g/mol. The van der Waals surface area contributed by atoms with Crippen LogP contribution in [-0.2, 0) is 0 Å². The fourth-order valence-corrected chi connectivity index (χ4v) is 4.15. The molecule has 1 saturated heterocycles. The summed E-state index contributed by atoms with van der Waals surface area (Å²) in [6.07, 6.45) is 3.45. The van der Waals surface area contributed by atoms with Crippen LogP contribution in [0.2, 0.25) is 0 Å². The first kappa shape index (κ1) is 21.3. The summed E-state index contributed by atoms with van der Waals surface area (Å²) in [4.78, 5) is 25.7. The third-order valence-corrected chi connectivity index (χ3v) is 6.10. The van der Waals surface area contributed by atoms with Crippen LogP contribution in [0, 0.1) is 0 Å². The van der Waals surface area contributed by atoms with Crippen molar-refractivity contribution in [3.05, 3.63) is 54.5 Å². The molecule has 9 heteroatoms. The second-order valence-corrected chi connectivity index (χ2v) is 8.53. The Kier molecular flexibility index (Phi) is 5.89. The van der Waals surface area contributed by atoms with E-state index in [4.69, 9.17) is 0 Å². The summed E-state index contributed by atoms with van der Waals surface area (Å²) in [5.41, 5.74) is 4.94. The molecule has 0 aliphatic carbocycles. The van der Waals surface area contributed by atoms with Crippen molar-refractivity contribution < 1.29 is 0 Å². The Morgan fingerprint density at radius 2 is 1.88 bits per heavy atom. The molecule has 3 aromatic heterocycles. The van der Waals surface area contributed by atoms with Crippen molar-refractivity contribution in [2.24, 2.45) is 0 Å². The Morgan fingerprint density at radius 1 is 1.03 bits per heavy atom. The lowest BCUT2D eigenvalue weighted by molar-refractivity contribution is 0.185. The van der Waals surface area contributed by atoms with Gasteiger partial charge in [-0.3, -0.25) is 4.90 Å². The molecule has 0 amide bonds. The molecule has 0 saturated carbocycles. The lowest BCUT2D eigenvalue weighted by atomic mass is 10.1. The zero-order chi connectivity index (χ0) is 22.8. The summed E-state index contributed by atoms with van der Waals surface area (Å²) < 4.78 is 0. The van der Waals surface area contributed by atoms with E-state index in [9.17, 15) is 0 Å². The number of rotatable bonds is 6. The molecular formula is C24H29N9. The largest absolute Gasteiger partial charge is 0.363 e. The van der Waals surface area contributed by atoms with Crippen LogP contribution in [0.25, 0.3) is 22.3 Å². The molecule has 3 N–H and O–H groups in total. The maximum absolute atomic E-state index is 4.69. The molecule has 1 aliphatic heterocycles. The van der Waals surface area contributed by atoms with Gasteiger partial charge in [-0.2, -0.15) is 0 Å². The molecule has 4 heterocycles. The predicted octanol–water partition coefficient (Wildman–Crippen LogP) is 3.19. The highest BCUT2D eigenvalue weighted by molar-refractivity contribution is 5.83. The van der Waals surface area contributed by atoms with Crippen molar-refractivity contribution in [3.63, 3.8) is 0 Å². The van der Waals surface area contributed by atoms with Crippen molar-refractivity contribution in [1.82, 2.24) is 35.1 Å². The van der Waals surface area contributed by atoms with Crippen LogP contribution in [0.4, 0.5) is 17.6 Å². The molecule has 1 aliphatic rings. The topological polar surface area (TPSA) is 97.9 Å². The van der Waals surface area contributed by atoms with E-state index in [2.05, 4.69) is 65.6 Å². The third-order valence-electron chi connectivity index (χ3n) is 6.10. The third kappa shape index (κ3) is 4.64. The lowest BCUT2D eigenvalue weighted by Gasteiger charge is -2.33. The average molecular weight is 444 g/mol. The van der Waals surface area contributed by atoms with Crippen LogP contribution in [0.15, 0.2) is 48.9 Å². The standard InChI is InChI=1S/C24H29N9/c1-16(33-10-8-25-9-11-33)17-6-7-26-22(13-17)31-24-29-19-5-4-18(12-21(19)30-24)20-14-23(32(2)3)28-15-27-20/h4-7,12-16,25H,8-11H2,1-3H3,(H2,26,29,30,31). The summed E-state index contributed by atoms with van der Waals surface area (Å²) in [5, 5.41) is 6.75. The van der Waals surface area contributed by atoms with E-state index in [1.165, 1.54) is 5.56 Å². The first-order valence-corrected chi connectivity index (χ1v) is 11.2. The quantitative estimate of drug-likeness (QED) is 0.418. The Labute approximate surface area is 193 Å². The maximum atomic E-state index is 4.69. The minimum Gasteiger partial charge on any atom is -0.363 e. The Balaban J connectivity index is 1.36. The number of hydrogen-bond donors (Lipinski definition) is 3. The normalized spacial score (nSPS) is 15.5. The monoisotopic (exact) mass is 443 g/mol. The summed E-state index contributed by atoms with van der Waals surface area (Å²) in [5.74, 6) is 2.31. The molecule has 0 bridgehead atoms. The van der Waals surface area contributed by atoms with Crippen molar-refractivity contribution in [3.8, 4) is 11.3 Å². The summed E-state index contributed by atoms with van der Waals surface area (Å²) >= 11 is 0. The molecule has 0 radical (unpaired) electrons. The predicted molar refractivity (Wildman–Crippen MR) is 132 cm³/mol. The molecule has 4 aromatic rings. The number of anilines is 3. The second-order valence-electron chi connectivity index (χ2n) is 8.53. The molecule has 1 atom stereocenters. The highest BCUT2D eigenvalue weighted by atomic mass is 15.2. The van der Waals surface area contributed by atoms with Crippen LogP contribution in [0.5, 0.6) is 0 Å². The number of benzene rings is 1. The molecule has 170 valence electrons. The molecule has 9 nitrogen and oxygen atoms in total. The number of fused-ring (bicyclic) bond motifs is 1. The van der Waals surface area contributed by atoms with Crippen LogP contribution in [-0.4, -0.2) is 70.1 Å². The molecule has 1 fully saturated rings. The van der Waals surface area contributed by atoms with Gasteiger partial charge in [-0.15, -0.1) is 0 Å². The van der Waals surface area contributed by atoms with Gasteiger partial charge in [0, 0.05) is 64.1 Å². The molecule has 0 spiro atoms. The van der Waals surface area contributed by atoms with Gasteiger partial charge in [-0.1, -0.05) is 6.07 Å². The van der Waals surface area contributed by atoms with E-state index in [1.807, 2.05) is 43.4 Å². The van der Waals surface area contributed by atoms with Crippen molar-refractivity contribution in [1.29, 1.82) is 0 Å². The number of nitrogens with one attached hydrogen (secondary N) is 3. The SMILES string of the molecule is CC(c1ccnc(Nc2nc3ccc(-c4cc(N(C)C)ncn4)cc3[nH]2)c1)N1CCNCC1. The minimum absolute atomic E-state index is 0.341. The Hall–Kier alpha value is -3.56. The fraction of sp³-hybridized carbons (Fsp3) is 0.333.